The second kappa shape index (κ2) is 6.41. The van der Waals surface area contributed by atoms with Gasteiger partial charge in [-0.3, -0.25) is 0 Å². The fourth-order valence-corrected chi connectivity index (χ4v) is 3.98. The Labute approximate surface area is 130 Å². The van der Waals surface area contributed by atoms with Crippen LogP contribution >= 0.6 is 11.8 Å². The van der Waals surface area contributed by atoms with E-state index in [1.54, 1.807) is 0 Å². The predicted octanol–water partition coefficient (Wildman–Crippen LogP) is 3.16. The molecule has 1 aromatic rings. The van der Waals surface area contributed by atoms with Crippen molar-refractivity contribution in [3.63, 3.8) is 0 Å². The third kappa shape index (κ3) is 2.74. The van der Waals surface area contributed by atoms with Crippen LogP contribution < -0.4 is 4.90 Å². The van der Waals surface area contributed by atoms with Crippen LogP contribution in [0.25, 0.3) is 0 Å². The summed E-state index contributed by atoms with van der Waals surface area (Å²) in [6, 6.07) is 2.38. The summed E-state index contributed by atoms with van der Waals surface area (Å²) in [5, 5.41) is 10.4. The first-order valence-corrected chi connectivity index (χ1v) is 8.60. The number of nitriles is 1. The van der Waals surface area contributed by atoms with Crippen molar-refractivity contribution in [1.82, 2.24) is 4.98 Å². The van der Waals surface area contributed by atoms with Crippen LogP contribution in [0.15, 0.2) is 5.03 Å². The van der Waals surface area contributed by atoms with Gasteiger partial charge in [-0.1, -0.05) is 17.7 Å². The van der Waals surface area contributed by atoms with E-state index >= 15 is 0 Å². The zero-order valence-electron chi connectivity index (χ0n) is 12.2. The van der Waals surface area contributed by atoms with Crippen molar-refractivity contribution in [2.75, 3.05) is 23.7 Å². The van der Waals surface area contributed by atoms with Gasteiger partial charge in [-0.25, -0.2) is 4.98 Å². The molecule has 2 aliphatic rings. The van der Waals surface area contributed by atoms with Gasteiger partial charge in [-0.15, -0.1) is 6.42 Å². The number of pyridine rings is 1. The summed E-state index contributed by atoms with van der Waals surface area (Å²) in [7, 11) is 0. The Bertz CT molecular complexity index is 618. The fourth-order valence-electron chi connectivity index (χ4n) is 3.30. The van der Waals surface area contributed by atoms with Crippen LogP contribution in [0.5, 0.6) is 0 Å². The number of aromatic nitrogens is 1. The van der Waals surface area contributed by atoms with Crippen LogP contribution in [0.1, 0.15) is 42.4 Å². The predicted molar refractivity (Wildman–Crippen MR) is 86.6 cm³/mol. The van der Waals surface area contributed by atoms with Gasteiger partial charge in [0.1, 0.15) is 16.9 Å². The maximum Gasteiger partial charge on any atom is 0.133 e. The molecular weight excluding hydrogens is 278 g/mol. The molecule has 4 heteroatoms. The van der Waals surface area contributed by atoms with E-state index in [9.17, 15) is 5.26 Å². The summed E-state index contributed by atoms with van der Waals surface area (Å²) >= 11 is 1.52. The monoisotopic (exact) mass is 297 g/mol. The van der Waals surface area contributed by atoms with Crippen molar-refractivity contribution < 1.29 is 0 Å². The lowest BCUT2D eigenvalue weighted by molar-refractivity contribution is 0.671. The summed E-state index contributed by atoms with van der Waals surface area (Å²) in [5.74, 6) is 4.33. The average molecular weight is 297 g/mol. The molecule has 0 radical (unpaired) electrons. The molecule has 1 aliphatic carbocycles. The summed E-state index contributed by atoms with van der Waals surface area (Å²) in [5.41, 5.74) is 3.33. The molecule has 3 rings (SSSR count). The van der Waals surface area contributed by atoms with Crippen LogP contribution in [0.4, 0.5) is 5.82 Å². The van der Waals surface area contributed by atoms with E-state index < -0.39 is 0 Å². The van der Waals surface area contributed by atoms with Crippen LogP contribution in [0.2, 0.25) is 0 Å². The minimum Gasteiger partial charge on any atom is -0.356 e. The van der Waals surface area contributed by atoms with Gasteiger partial charge < -0.3 is 4.90 Å². The van der Waals surface area contributed by atoms with Crippen molar-refractivity contribution in [2.24, 2.45) is 0 Å². The van der Waals surface area contributed by atoms with Crippen LogP contribution in [0, 0.1) is 23.7 Å². The first-order valence-electron chi connectivity index (χ1n) is 7.62. The standard InChI is InChI=1S/C17H19N3S/c1-2-11-21-17-15(12-18)13-7-3-4-8-14(13)16(19-17)20-9-5-6-10-20/h1H,3-11H2. The number of terminal acetylenes is 1. The highest BCUT2D eigenvalue weighted by Crippen LogP contribution is 2.36. The lowest BCUT2D eigenvalue weighted by Crippen LogP contribution is -2.23. The van der Waals surface area contributed by atoms with Crippen LogP contribution in [-0.4, -0.2) is 23.8 Å². The number of nitrogens with zero attached hydrogens (tertiary/aromatic N) is 3. The van der Waals surface area contributed by atoms with Gasteiger partial charge in [0.05, 0.1) is 11.3 Å². The van der Waals surface area contributed by atoms with E-state index in [0.29, 0.717) is 5.75 Å². The van der Waals surface area contributed by atoms with Gasteiger partial charge in [0, 0.05) is 13.1 Å². The van der Waals surface area contributed by atoms with Gasteiger partial charge >= 0.3 is 0 Å². The van der Waals surface area contributed by atoms with Gasteiger partial charge in [0.25, 0.3) is 0 Å². The molecule has 0 spiro atoms. The summed E-state index contributed by atoms with van der Waals surface area (Å²) in [4.78, 5) is 7.24. The first-order chi connectivity index (χ1) is 10.3. The zero-order chi connectivity index (χ0) is 14.7. The fraction of sp³-hybridized carbons (Fsp3) is 0.529. The Morgan fingerprint density at radius 1 is 1.14 bits per heavy atom. The molecule has 0 amide bonds. The number of fused-ring (bicyclic) bond motifs is 1. The second-order valence-electron chi connectivity index (χ2n) is 5.58. The summed E-state index contributed by atoms with van der Waals surface area (Å²) in [6.45, 7) is 2.18. The molecule has 1 aliphatic heterocycles. The maximum atomic E-state index is 9.56. The van der Waals surface area contributed by atoms with Gasteiger partial charge in [0.2, 0.25) is 0 Å². The average Bonchev–Trinajstić information content (AvgIpc) is 3.06. The van der Waals surface area contributed by atoms with Gasteiger partial charge in [-0.05, 0) is 49.7 Å². The van der Waals surface area contributed by atoms with E-state index in [-0.39, 0.29) is 0 Å². The maximum absolute atomic E-state index is 9.56. The van der Waals surface area contributed by atoms with E-state index in [4.69, 9.17) is 11.4 Å². The molecule has 21 heavy (non-hydrogen) atoms. The molecule has 1 fully saturated rings. The third-order valence-corrected chi connectivity index (χ3v) is 5.15. The number of thioether (sulfide) groups is 1. The van der Waals surface area contributed by atoms with E-state index in [2.05, 4.69) is 16.9 Å². The highest BCUT2D eigenvalue weighted by molar-refractivity contribution is 7.99. The largest absolute Gasteiger partial charge is 0.356 e. The Hall–Kier alpha value is -1.65. The SMILES string of the molecule is C#CCSc1nc(N2CCCC2)c2c(c1C#N)CCCC2. The Morgan fingerprint density at radius 3 is 2.52 bits per heavy atom. The van der Waals surface area contributed by atoms with Crippen molar-refractivity contribution >= 4 is 17.6 Å². The summed E-state index contributed by atoms with van der Waals surface area (Å²) in [6.07, 6.45) is 12.3. The minimum atomic E-state index is 0.569. The lowest BCUT2D eigenvalue weighted by Gasteiger charge is -2.26. The smallest absolute Gasteiger partial charge is 0.133 e. The molecule has 0 bridgehead atoms. The summed E-state index contributed by atoms with van der Waals surface area (Å²) < 4.78 is 0. The number of anilines is 1. The second-order valence-corrected chi connectivity index (χ2v) is 6.54. The molecule has 0 N–H and O–H groups in total. The topological polar surface area (TPSA) is 39.9 Å². The van der Waals surface area contributed by atoms with Crippen LogP contribution in [-0.2, 0) is 12.8 Å². The molecule has 1 saturated heterocycles. The number of hydrogen-bond donors (Lipinski definition) is 0. The highest BCUT2D eigenvalue weighted by atomic mass is 32.2. The molecule has 0 saturated carbocycles. The molecule has 2 heterocycles. The molecule has 0 atom stereocenters. The zero-order valence-corrected chi connectivity index (χ0v) is 13.0. The Morgan fingerprint density at radius 2 is 1.86 bits per heavy atom. The molecule has 0 aromatic carbocycles. The molecule has 3 nitrogen and oxygen atoms in total. The van der Waals surface area contributed by atoms with Gasteiger partial charge in [-0.2, -0.15) is 5.26 Å². The van der Waals surface area contributed by atoms with Crippen molar-refractivity contribution in [2.45, 2.75) is 43.6 Å². The normalized spacial score (nSPS) is 17.1. The Balaban J connectivity index is 2.10. The van der Waals surface area contributed by atoms with Crippen LogP contribution in [0.3, 0.4) is 0 Å². The minimum absolute atomic E-state index is 0.569. The quantitative estimate of drug-likeness (QED) is 0.635. The van der Waals surface area contributed by atoms with E-state index in [1.165, 1.54) is 48.6 Å². The molecular formula is C17H19N3S. The first kappa shape index (κ1) is 14.3. The number of hydrogen-bond acceptors (Lipinski definition) is 4. The van der Waals surface area contributed by atoms with E-state index in [0.717, 1.165) is 42.3 Å². The van der Waals surface area contributed by atoms with Crippen molar-refractivity contribution in [3.8, 4) is 18.4 Å². The van der Waals surface area contributed by atoms with E-state index in [1.807, 2.05) is 0 Å². The molecule has 1 aromatic heterocycles. The molecule has 108 valence electrons. The van der Waals surface area contributed by atoms with Gasteiger partial charge in [0.15, 0.2) is 0 Å². The van der Waals surface area contributed by atoms with Crippen molar-refractivity contribution in [3.05, 3.63) is 16.7 Å². The van der Waals surface area contributed by atoms with Crippen molar-refractivity contribution in [1.29, 1.82) is 5.26 Å². The lowest BCUT2D eigenvalue weighted by atomic mass is 9.89. The number of rotatable bonds is 3. The third-order valence-electron chi connectivity index (χ3n) is 4.27. The Kier molecular flexibility index (Phi) is 4.36. The highest BCUT2D eigenvalue weighted by Gasteiger charge is 2.26. The molecule has 0 unspecified atom stereocenters.